The fraction of sp³-hybridized carbons (Fsp3) is 0.593. The molecule has 6 rings (SSSR count). The molecule has 2 aromatic rings. The molecular formula is C27H37ClFN7O. The van der Waals surface area contributed by atoms with Crippen LogP contribution in [0.1, 0.15) is 33.6 Å². The van der Waals surface area contributed by atoms with Crippen molar-refractivity contribution in [3.8, 4) is 0 Å². The number of piperazine rings is 1. The monoisotopic (exact) mass is 529 g/mol. The van der Waals surface area contributed by atoms with Crippen LogP contribution in [0.3, 0.4) is 0 Å². The molecule has 0 spiro atoms. The van der Waals surface area contributed by atoms with E-state index in [2.05, 4.69) is 63.5 Å². The highest BCUT2D eigenvalue weighted by Crippen LogP contribution is 2.65. The molecule has 1 aromatic heterocycles. The SMILES string of the molecule is CNC(=O)[C@H]1C[C@H]2C[C@H](C2(C)C)[C@@]1(C)Nc1nc(Nc2ccc(N3CCN(C)CC3)c(F)c2)ncc1Cl. The summed E-state index contributed by atoms with van der Waals surface area (Å²) in [5, 5.41) is 9.89. The van der Waals surface area contributed by atoms with Crippen LogP contribution in [0.2, 0.25) is 5.02 Å². The van der Waals surface area contributed by atoms with E-state index in [4.69, 9.17) is 11.6 Å². The maximum absolute atomic E-state index is 15.0. The van der Waals surface area contributed by atoms with Crippen LogP contribution < -0.4 is 20.9 Å². The molecule has 37 heavy (non-hydrogen) atoms. The average Bonchev–Trinajstić information content (AvgIpc) is 2.86. The first-order chi connectivity index (χ1) is 17.5. The second-order valence-corrected chi connectivity index (χ2v) is 12.0. The third-order valence-electron chi connectivity index (χ3n) is 9.18. The molecule has 3 N–H and O–H groups in total. The van der Waals surface area contributed by atoms with Crippen LogP contribution in [-0.4, -0.2) is 66.6 Å². The highest BCUT2D eigenvalue weighted by Gasteiger charge is 2.64. The molecule has 3 saturated carbocycles. The number of benzene rings is 1. The summed E-state index contributed by atoms with van der Waals surface area (Å²) >= 11 is 6.53. The highest BCUT2D eigenvalue weighted by atomic mass is 35.5. The maximum Gasteiger partial charge on any atom is 0.229 e. The van der Waals surface area contributed by atoms with Gasteiger partial charge in [-0.05, 0) is 62.3 Å². The lowest BCUT2D eigenvalue weighted by Gasteiger charge is -2.66. The third-order valence-corrected chi connectivity index (χ3v) is 9.46. The van der Waals surface area contributed by atoms with Crippen LogP contribution in [0, 0.1) is 29.0 Å². The Morgan fingerprint density at radius 1 is 1.16 bits per heavy atom. The van der Waals surface area contributed by atoms with Crippen molar-refractivity contribution in [3.63, 3.8) is 0 Å². The van der Waals surface area contributed by atoms with Crippen molar-refractivity contribution in [2.45, 2.75) is 39.2 Å². The van der Waals surface area contributed by atoms with Gasteiger partial charge in [-0.2, -0.15) is 4.98 Å². The number of nitrogens with one attached hydrogen (secondary N) is 3. The van der Waals surface area contributed by atoms with Gasteiger partial charge in [-0.1, -0.05) is 25.4 Å². The van der Waals surface area contributed by atoms with Crippen LogP contribution in [0.5, 0.6) is 0 Å². The van der Waals surface area contributed by atoms with Gasteiger partial charge in [-0.3, -0.25) is 4.79 Å². The van der Waals surface area contributed by atoms with Gasteiger partial charge in [0.25, 0.3) is 0 Å². The van der Waals surface area contributed by atoms with Crippen molar-refractivity contribution in [1.29, 1.82) is 0 Å². The smallest absolute Gasteiger partial charge is 0.229 e. The highest BCUT2D eigenvalue weighted by molar-refractivity contribution is 6.32. The molecule has 0 unspecified atom stereocenters. The zero-order valence-corrected chi connectivity index (χ0v) is 23.0. The van der Waals surface area contributed by atoms with E-state index in [9.17, 15) is 4.79 Å². The molecule has 4 atom stereocenters. The first-order valence-corrected chi connectivity index (χ1v) is 13.4. The molecule has 1 saturated heterocycles. The van der Waals surface area contributed by atoms with E-state index in [0.717, 1.165) is 39.0 Å². The number of likely N-dealkylation sites (N-methyl/N-ethyl adjacent to an activating group) is 1. The van der Waals surface area contributed by atoms with Crippen LogP contribution >= 0.6 is 11.6 Å². The van der Waals surface area contributed by atoms with Crippen LogP contribution in [0.4, 0.5) is 27.5 Å². The van der Waals surface area contributed by atoms with Gasteiger partial charge in [-0.15, -0.1) is 0 Å². The Bertz CT molecular complexity index is 1190. The molecular weight excluding hydrogens is 493 g/mol. The van der Waals surface area contributed by atoms with Crippen molar-refractivity contribution in [2.75, 3.05) is 55.8 Å². The number of hydrogen-bond acceptors (Lipinski definition) is 7. The number of carbonyl (C=O) groups is 1. The summed E-state index contributed by atoms with van der Waals surface area (Å²) in [6.45, 7) is 10.1. The zero-order chi connectivity index (χ0) is 26.5. The number of aromatic nitrogens is 2. The third kappa shape index (κ3) is 4.61. The Kier molecular flexibility index (Phi) is 6.73. The van der Waals surface area contributed by atoms with Gasteiger partial charge in [-0.25, -0.2) is 9.37 Å². The summed E-state index contributed by atoms with van der Waals surface area (Å²) in [7, 11) is 3.76. The van der Waals surface area contributed by atoms with Crippen LogP contribution in [0.15, 0.2) is 24.4 Å². The van der Waals surface area contributed by atoms with Gasteiger partial charge >= 0.3 is 0 Å². The quantitative estimate of drug-likeness (QED) is 0.512. The molecule has 4 fully saturated rings. The van der Waals surface area contributed by atoms with E-state index in [1.165, 1.54) is 12.3 Å². The number of fused-ring (bicyclic) bond motifs is 2. The van der Waals surface area contributed by atoms with Crippen molar-refractivity contribution < 1.29 is 9.18 Å². The second kappa shape index (κ2) is 9.58. The standard InChI is InChI=1S/C27H37ClFN7O/c1-26(2)16-12-18(24(37)30-4)27(3,22(26)13-16)34-23-19(28)15-31-25(33-23)32-17-6-7-21(20(29)14-17)36-10-8-35(5)9-11-36/h6-7,14-16,18,22H,8-13H2,1-5H3,(H,30,37)(H2,31,32,33,34)/t16-,18+,22+,27-/m0/s1. The fourth-order valence-electron chi connectivity index (χ4n) is 6.72. The van der Waals surface area contributed by atoms with Gasteiger partial charge in [0.05, 0.1) is 23.3 Å². The molecule has 2 heterocycles. The summed E-state index contributed by atoms with van der Waals surface area (Å²) in [5.41, 5.74) is 0.753. The van der Waals surface area contributed by atoms with Crippen LogP contribution in [0.25, 0.3) is 0 Å². The topological polar surface area (TPSA) is 85.4 Å². The van der Waals surface area contributed by atoms with Gasteiger partial charge in [0.2, 0.25) is 11.9 Å². The van der Waals surface area contributed by atoms with Crippen molar-refractivity contribution >= 4 is 40.6 Å². The summed E-state index contributed by atoms with van der Waals surface area (Å²) in [5.74, 6) is 1.13. The molecule has 1 aromatic carbocycles. The molecule has 4 aliphatic rings. The first kappa shape index (κ1) is 26.0. The maximum atomic E-state index is 15.0. The lowest BCUT2D eigenvalue weighted by Crippen LogP contribution is -2.69. The lowest BCUT2D eigenvalue weighted by molar-refractivity contribution is -0.155. The van der Waals surface area contributed by atoms with Crippen LogP contribution in [-0.2, 0) is 4.79 Å². The van der Waals surface area contributed by atoms with Crippen molar-refractivity contribution in [3.05, 3.63) is 35.2 Å². The minimum Gasteiger partial charge on any atom is -0.367 e. The Hall–Kier alpha value is -2.65. The molecule has 8 nitrogen and oxygen atoms in total. The molecule has 3 aliphatic carbocycles. The largest absolute Gasteiger partial charge is 0.367 e. The average molecular weight is 530 g/mol. The van der Waals surface area contributed by atoms with E-state index < -0.39 is 5.54 Å². The molecule has 10 heteroatoms. The normalized spacial score (nSPS) is 28.8. The van der Waals surface area contributed by atoms with Crippen molar-refractivity contribution in [2.24, 2.45) is 23.2 Å². The van der Waals surface area contributed by atoms with E-state index in [1.54, 1.807) is 13.1 Å². The number of carbonyl (C=O) groups excluding carboxylic acids is 1. The molecule has 0 radical (unpaired) electrons. The number of hydrogen-bond donors (Lipinski definition) is 3. The summed E-state index contributed by atoms with van der Waals surface area (Å²) in [4.78, 5) is 26.1. The number of nitrogens with zero attached hydrogens (tertiary/aromatic N) is 4. The predicted octanol–water partition coefficient (Wildman–Crippen LogP) is 4.36. The van der Waals surface area contributed by atoms with E-state index >= 15 is 4.39 Å². The van der Waals surface area contributed by atoms with E-state index in [0.29, 0.717) is 40.0 Å². The Balaban J connectivity index is 1.36. The minimum atomic E-state index is -0.524. The Morgan fingerprint density at radius 2 is 1.89 bits per heavy atom. The predicted molar refractivity (Wildman–Crippen MR) is 146 cm³/mol. The van der Waals surface area contributed by atoms with Gasteiger partial charge in [0.1, 0.15) is 10.8 Å². The van der Waals surface area contributed by atoms with E-state index in [-0.39, 0.29) is 23.1 Å². The summed E-state index contributed by atoms with van der Waals surface area (Å²) < 4.78 is 15.0. The second-order valence-electron chi connectivity index (χ2n) is 11.6. The van der Waals surface area contributed by atoms with Gasteiger partial charge < -0.3 is 25.8 Å². The van der Waals surface area contributed by atoms with E-state index in [1.807, 2.05) is 6.07 Å². The van der Waals surface area contributed by atoms with Crippen molar-refractivity contribution in [1.82, 2.24) is 20.2 Å². The fourth-order valence-corrected chi connectivity index (χ4v) is 6.86. The summed E-state index contributed by atoms with van der Waals surface area (Å²) in [6, 6.07) is 5.10. The van der Waals surface area contributed by atoms with Gasteiger partial charge in [0.15, 0.2) is 5.82 Å². The number of halogens is 2. The number of anilines is 4. The molecule has 200 valence electrons. The molecule has 2 bridgehead atoms. The first-order valence-electron chi connectivity index (χ1n) is 13.0. The zero-order valence-electron chi connectivity index (χ0n) is 22.2. The number of amides is 1. The minimum absolute atomic E-state index is 0.0274. The molecule has 1 amide bonds. The Morgan fingerprint density at radius 3 is 2.54 bits per heavy atom. The summed E-state index contributed by atoms with van der Waals surface area (Å²) in [6.07, 6.45) is 3.42. The Labute approximate surface area is 223 Å². The molecule has 1 aliphatic heterocycles. The van der Waals surface area contributed by atoms with Gasteiger partial charge in [0, 0.05) is 38.9 Å². The lowest BCUT2D eigenvalue weighted by atomic mass is 9.40. The number of rotatable bonds is 6.